The molecular formula is C18H23ClN2. The zero-order chi connectivity index (χ0) is 15.1. The molecule has 0 saturated heterocycles. The van der Waals surface area contributed by atoms with Gasteiger partial charge in [0.05, 0.1) is 5.69 Å². The Bertz CT molecular complexity index is 523. The predicted octanol–water partition coefficient (Wildman–Crippen LogP) is 4.65. The first-order valence-corrected chi connectivity index (χ1v) is 7.90. The molecule has 2 rings (SSSR count). The second-order valence-electron chi connectivity index (χ2n) is 5.69. The standard InChI is InChI=1S/C18H23ClN2/c1-14(2)18(15-6-8-16(19)9-7-15)10-12-20-13-17-5-3-4-11-21-17/h3-9,11,14,18,20H,10,12-13H2,1-2H3/t18-/m1/s1. The van der Waals surface area contributed by atoms with Crippen molar-refractivity contribution in [3.8, 4) is 0 Å². The van der Waals surface area contributed by atoms with E-state index < -0.39 is 0 Å². The number of nitrogens with zero attached hydrogens (tertiary/aromatic N) is 1. The highest BCUT2D eigenvalue weighted by atomic mass is 35.5. The van der Waals surface area contributed by atoms with Crippen molar-refractivity contribution in [2.24, 2.45) is 5.92 Å². The van der Waals surface area contributed by atoms with E-state index >= 15 is 0 Å². The Hall–Kier alpha value is -1.38. The van der Waals surface area contributed by atoms with Gasteiger partial charge in [0.15, 0.2) is 0 Å². The first kappa shape index (κ1) is 16.0. The summed E-state index contributed by atoms with van der Waals surface area (Å²) in [7, 11) is 0. The maximum atomic E-state index is 5.97. The maximum absolute atomic E-state index is 5.97. The molecule has 1 N–H and O–H groups in total. The largest absolute Gasteiger partial charge is 0.311 e. The summed E-state index contributed by atoms with van der Waals surface area (Å²) >= 11 is 5.97. The number of pyridine rings is 1. The van der Waals surface area contributed by atoms with Crippen LogP contribution in [0.2, 0.25) is 5.02 Å². The molecule has 1 aromatic heterocycles. The molecule has 3 heteroatoms. The van der Waals surface area contributed by atoms with Crippen molar-refractivity contribution < 1.29 is 0 Å². The molecule has 0 spiro atoms. The lowest BCUT2D eigenvalue weighted by Crippen LogP contribution is -2.19. The van der Waals surface area contributed by atoms with Crippen molar-refractivity contribution in [2.45, 2.75) is 32.7 Å². The number of hydrogen-bond donors (Lipinski definition) is 1. The average molecular weight is 303 g/mol. The quantitative estimate of drug-likeness (QED) is 0.753. The second-order valence-corrected chi connectivity index (χ2v) is 6.13. The Morgan fingerprint density at radius 3 is 2.48 bits per heavy atom. The Kier molecular flexibility index (Phi) is 6.21. The fraction of sp³-hybridized carbons (Fsp3) is 0.389. The molecule has 0 amide bonds. The van der Waals surface area contributed by atoms with Crippen LogP contribution in [0.3, 0.4) is 0 Å². The monoisotopic (exact) mass is 302 g/mol. The number of hydrogen-bond acceptors (Lipinski definition) is 2. The average Bonchev–Trinajstić information content (AvgIpc) is 2.49. The third kappa shape index (κ3) is 5.14. The maximum Gasteiger partial charge on any atom is 0.0541 e. The molecular weight excluding hydrogens is 280 g/mol. The molecule has 1 heterocycles. The van der Waals surface area contributed by atoms with E-state index in [1.165, 1.54) is 5.56 Å². The fourth-order valence-electron chi connectivity index (χ4n) is 2.57. The number of nitrogens with one attached hydrogen (secondary N) is 1. The molecule has 0 aliphatic rings. The van der Waals surface area contributed by atoms with Crippen molar-refractivity contribution >= 4 is 11.6 Å². The van der Waals surface area contributed by atoms with E-state index in [-0.39, 0.29) is 0 Å². The van der Waals surface area contributed by atoms with Crippen LogP contribution >= 0.6 is 11.6 Å². The highest BCUT2D eigenvalue weighted by Crippen LogP contribution is 2.28. The van der Waals surface area contributed by atoms with E-state index in [0.717, 1.165) is 30.2 Å². The summed E-state index contributed by atoms with van der Waals surface area (Å²) in [6.07, 6.45) is 2.95. The summed E-state index contributed by atoms with van der Waals surface area (Å²) in [4.78, 5) is 4.32. The first-order valence-electron chi connectivity index (χ1n) is 7.53. The van der Waals surface area contributed by atoms with E-state index in [2.05, 4.69) is 36.3 Å². The molecule has 21 heavy (non-hydrogen) atoms. The van der Waals surface area contributed by atoms with E-state index in [1.54, 1.807) is 0 Å². The van der Waals surface area contributed by atoms with Gasteiger partial charge in [-0.2, -0.15) is 0 Å². The zero-order valence-electron chi connectivity index (χ0n) is 12.7. The van der Waals surface area contributed by atoms with Crippen LogP contribution in [0.5, 0.6) is 0 Å². The summed E-state index contributed by atoms with van der Waals surface area (Å²) in [5, 5.41) is 4.28. The molecule has 0 bridgehead atoms. The molecule has 2 nitrogen and oxygen atoms in total. The Morgan fingerprint density at radius 1 is 1.10 bits per heavy atom. The highest BCUT2D eigenvalue weighted by Gasteiger charge is 2.15. The normalized spacial score (nSPS) is 12.6. The van der Waals surface area contributed by atoms with Crippen molar-refractivity contribution in [1.29, 1.82) is 0 Å². The fourth-order valence-corrected chi connectivity index (χ4v) is 2.70. The van der Waals surface area contributed by atoms with E-state index in [1.807, 2.05) is 36.5 Å². The van der Waals surface area contributed by atoms with Gasteiger partial charge in [-0.15, -0.1) is 0 Å². The van der Waals surface area contributed by atoms with Crippen LogP contribution in [0, 0.1) is 5.92 Å². The summed E-state index contributed by atoms with van der Waals surface area (Å²) in [5.74, 6) is 1.17. The smallest absolute Gasteiger partial charge is 0.0541 e. The summed E-state index contributed by atoms with van der Waals surface area (Å²) in [6.45, 7) is 6.37. The van der Waals surface area contributed by atoms with Crippen LogP contribution in [0.4, 0.5) is 0 Å². The van der Waals surface area contributed by atoms with Crippen molar-refractivity contribution in [3.05, 3.63) is 64.9 Å². The van der Waals surface area contributed by atoms with Crippen molar-refractivity contribution in [1.82, 2.24) is 10.3 Å². The van der Waals surface area contributed by atoms with Crippen LogP contribution in [-0.2, 0) is 6.54 Å². The van der Waals surface area contributed by atoms with Crippen LogP contribution in [0.25, 0.3) is 0 Å². The van der Waals surface area contributed by atoms with E-state index in [4.69, 9.17) is 11.6 Å². The molecule has 0 fully saturated rings. The molecule has 112 valence electrons. The Balaban J connectivity index is 1.85. The third-order valence-electron chi connectivity index (χ3n) is 3.77. The van der Waals surface area contributed by atoms with Crippen LogP contribution in [0.1, 0.15) is 37.4 Å². The predicted molar refractivity (Wildman–Crippen MR) is 89.6 cm³/mol. The van der Waals surface area contributed by atoms with E-state index in [9.17, 15) is 0 Å². The minimum absolute atomic E-state index is 0.554. The number of aromatic nitrogens is 1. The van der Waals surface area contributed by atoms with Gasteiger partial charge in [0, 0.05) is 17.8 Å². The van der Waals surface area contributed by atoms with Crippen molar-refractivity contribution in [3.63, 3.8) is 0 Å². The van der Waals surface area contributed by atoms with Gasteiger partial charge in [0.1, 0.15) is 0 Å². The molecule has 1 atom stereocenters. The van der Waals surface area contributed by atoms with Gasteiger partial charge >= 0.3 is 0 Å². The molecule has 0 unspecified atom stereocenters. The molecule has 0 aliphatic heterocycles. The SMILES string of the molecule is CC(C)[C@@H](CCNCc1ccccn1)c1ccc(Cl)cc1. The summed E-state index contributed by atoms with van der Waals surface area (Å²) in [5.41, 5.74) is 2.46. The van der Waals surface area contributed by atoms with Gasteiger partial charge in [-0.1, -0.05) is 43.6 Å². The molecule has 2 aromatic rings. The minimum Gasteiger partial charge on any atom is -0.311 e. The summed E-state index contributed by atoms with van der Waals surface area (Å²) in [6, 6.07) is 14.3. The number of benzene rings is 1. The van der Waals surface area contributed by atoms with Crippen LogP contribution < -0.4 is 5.32 Å². The third-order valence-corrected chi connectivity index (χ3v) is 4.02. The number of halogens is 1. The van der Waals surface area contributed by atoms with Gasteiger partial charge in [-0.3, -0.25) is 4.98 Å². The topological polar surface area (TPSA) is 24.9 Å². The highest BCUT2D eigenvalue weighted by molar-refractivity contribution is 6.30. The lowest BCUT2D eigenvalue weighted by atomic mass is 9.86. The van der Waals surface area contributed by atoms with Gasteiger partial charge in [0.25, 0.3) is 0 Å². The molecule has 1 aromatic carbocycles. The molecule has 0 radical (unpaired) electrons. The van der Waals surface area contributed by atoms with Crippen LogP contribution in [0.15, 0.2) is 48.7 Å². The Labute approximate surface area is 132 Å². The second kappa shape index (κ2) is 8.16. The molecule has 0 saturated carbocycles. The molecule has 0 aliphatic carbocycles. The van der Waals surface area contributed by atoms with Gasteiger partial charge in [0.2, 0.25) is 0 Å². The van der Waals surface area contributed by atoms with Gasteiger partial charge in [-0.25, -0.2) is 0 Å². The van der Waals surface area contributed by atoms with Gasteiger partial charge in [-0.05, 0) is 54.6 Å². The summed E-state index contributed by atoms with van der Waals surface area (Å²) < 4.78 is 0. The lowest BCUT2D eigenvalue weighted by molar-refractivity contribution is 0.451. The minimum atomic E-state index is 0.554. The number of rotatable bonds is 7. The van der Waals surface area contributed by atoms with Gasteiger partial charge < -0.3 is 5.32 Å². The zero-order valence-corrected chi connectivity index (χ0v) is 13.5. The van der Waals surface area contributed by atoms with Crippen LogP contribution in [-0.4, -0.2) is 11.5 Å². The van der Waals surface area contributed by atoms with E-state index in [0.29, 0.717) is 11.8 Å². The first-order chi connectivity index (χ1) is 10.2. The van der Waals surface area contributed by atoms with Crippen molar-refractivity contribution in [2.75, 3.05) is 6.54 Å². The lowest BCUT2D eigenvalue weighted by Gasteiger charge is -2.21. The Morgan fingerprint density at radius 2 is 1.86 bits per heavy atom.